The van der Waals surface area contributed by atoms with Gasteiger partial charge >= 0.3 is 0 Å². The predicted octanol–water partition coefficient (Wildman–Crippen LogP) is 4.67. The summed E-state index contributed by atoms with van der Waals surface area (Å²) in [5, 5.41) is 3.23. The molecule has 0 aliphatic heterocycles. The first-order valence-electron chi connectivity index (χ1n) is 9.01. The van der Waals surface area contributed by atoms with E-state index in [1.54, 1.807) is 11.8 Å². The number of H-pyrrole nitrogens is 1. The number of hydrogen-bond donors (Lipinski definition) is 2. The summed E-state index contributed by atoms with van der Waals surface area (Å²) in [6.07, 6.45) is 3.69. The van der Waals surface area contributed by atoms with E-state index >= 15 is 0 Å². The van der Waals surface area contributed by atoms with E-state index in [9.17, 15) is 4.79 Å². The van der Waals surface area contributed by atoms with Gasteiger partial charge in [-0.3, -0.25) is 4.79 Å². The van der Waals surface area contributed by atoms with Gasteiger partial charge in [-0.1, -0.05) is 49.4 Å². The SMILES string of the molecule is CC[C@@H](C(=O)N[C@@H](CCSC)c1nc2ccccc2[nH]1)c1ccccc1. The second-order valence-corrected chi connectivity index (χ2v) is 7.34. The molecule has 0 radical (unpaired) electrons. The number of nitrogens with zero attached hydrogens (tertiary/aromatic N) is 1. The van der Waals surface area contributed by atoms with E-state index in [0.29, 0.717) is 0 Å². The Kier molecular flexibility index (Phi) is 6.34. The molecule has 0 saturated carbocycles. The van der Waals surface area contributed by atoms with Crippen LogP contribution in [0.3, 0.4) is 0 Å². The number of benzene rings is 2. The van der Waals surface area contributed by atoms with E-state index in [2.05, 4.69) is 23.5 Å². The Hall–Kier alpha value is -2.27. The molecule has 1 amide bonds. The van der Waals surface area contributed by atoms with Gasteiger partial charge in [-0.15, -0.1) is 0 Å². The topological polar surface area (TPSA) is 57.8 Å². The van der Waals surface area contributed by atoms with Gasteiger partial charge in [0.2, 0.25) is 5.91 Å². The minimum atomic E-state index is -0.141. The average Bonchev–Trinajstić information content (AvgIpc) is 3.10. The van der Waals surface area contributed by atoms with Gasteiger partial charge < -0.3 is 10.3 Å². The van der Waals surface area contributed by atoms with Gasteiger partial charge in [0.1, 0.15) is 5.82 Å². The van der Waals surface area contributed by atoms with E-state index in [1.165, 1.54) is 0 Å². The van der Waals surface area contributed by atoms with Crippen LogP contribution in [0.25, 0.3) is 11.0 Å². The first-order valence-corrected chi connectivity index (χ1v) is 10.4. The summed E-state index contributed by atoms with van der Waals surface area (Å²) in [5.74, 6) is 1.71. The molecule has 0 fully saturated rings. The Labute approximate surface area is 158 Å². The summed E-state index contributed by atoms with van der Waals surface area (Å²) < 4.78 is 0. The molecule has 0 saturated heterocycles. The number of imidazole rings is 1. The van der Waals surface area contributed by atoms with Crippen LogP contribution in [-0.2, 0) is 4.79 Å². The Morgan fingerprint density at radius 1 is 1.15 bits per heavy atom. The standard InChI is InChI=1S/C21H25N3OS/c1-3-16(15-9-5-4-6-10-15)21(25)24-19(13-14-26-2)20-22-17-11-7-8-12-18(17)23-20/h4-12,16,19H,3,13-14H2,1-2H3,(H,22,23)(H,24,25)/t16-,19+/m1/s1. The molecule has 2 aromatic carbocycles. The lowest BCUT2D eigenvalue weighted by Crippen LogP contribution is -2.33. The number of carbonyl (C=O) groups excluding carboxylic acids is 1. The number of aromatic amines is 1. The van der Waals surface area contributed by atoms with Crippen LogP contribution in [-0.4, -0.2) is 27.9 Å². The van der Waals surface area contributed by atoms with Crippen LogP contribution in [0.4, 0.5) is 0 Å². The molecule has 3 rings (SSSR count). The summed E-state index contributed by atoms with van der Waals surface area (Å²) in [7, 11) is 0. The van der Waals surface area contributed by atoms with E-state index in [1.807, 2.05) is 54.6 Å². The fourth-order valence-corrected chi connectivity index (χ4v) is 3.65. The van der Waals surface area contributed by atoms with Crippen LogP contribution in [0.1, 0.15) is 43.1 Å². The molecule has 0 bridgehead atoms. The van der Waals surface area contributed by atoms with Crippen molar-refractivity contribution >= 4 is 28.7 Å². The number of carbonyl (C=O) groups is 1. The molecule has 4 nitrogen and oxygen atoms in total. The summed E-state index contributed by atoms with van der Waals surface area (Å²) in [6, 6.07) is 17.8. The molecule has 2 N–H and O–H groups in total. The number of thioether (sulfide) groups is 1. The molecule has 0 aliphatic carbocycles. The van der Waals surface area contributed by atoms with Gasteiger partial charge in [-0.05, 0) is 42.5 Å². The normalized spacial score (nSPS) is 13.5. The zero-order valence-corrected chi connectivity index (χ0v) is 16.1. The molecule has 3 aromatic rings. The quantitative estimate of drug-likeness (QED) is 0.608. The summed E-state index contributed by atoms with van der Waals surface area (Å²) in [6.45, 7) is 2.05. The van der Waals surface area contributed by atoms with Crippen molar-refractivity contribution in [1.82, 2.24) is 15.3 Å². The van der Waals surface area contributed by atoms with Crippen LogP contribution in [0.15, 0.2) is 54.6 Å². The van der Waals surface area contributed by atoms with Gasteiger partial charge in [0.05, 0.1) is 23.0 Å². The Morgan fingerprint density at radius 2 is 1.88 bits per heavy atom. The third-order valence-corrected chi connectivity index (χ3v) is 5.24. The smallest absolute Gasteiger partial charge is 0.228 e. The van der Waals surface area contributed by atoms with E-state index in [-0.39, 0.29) is 17.9 Å². The number of aromatic nitrogens is 2. The Morgan fingerprint density at radius 3 is 2.58 bits per heavy atom. The van der Waals surface area contributed by atoms with Crippen LogP contribution in [0.5, 0.6) is 0 Å². The fraction of sp³-hybridized carbons (Fsp3) is 0.333. The second kappa shape index (κ2) is 8.90. The lowest BCUT2D eigenvalue weighted by Gasteiger charge is -2.21. The first kappa shape index (κ1) is 18.5. The highest BCUT2D eigenvalue weighted by Crippen LogP contribution is 2.24. The van der Waals surface area contributed by atoms with Crippen molar-refractivity contribution < 1.29 is 4.79 Å². The van der Waals surface area contributed by atoms with Crippen LogP contribution in [0, 0.1) is 0 Å². The second-order valence-electron chi connectivity index (χ2n) is 6.35. The molecule has 0 spiro atoms. The van der Waals surface area contributed by atoms with Crippen LogP contribution >= 0.6 is 11.8 Å². The lowest BCUT2D eigenvalue weighted by atomic mass is 9.95. The zero-order chi connectivity index (χ0) is 18.4. The van der Waals surface area contributed by atoms with Gasteiger partial charge in [0.25, 0.3) is 0 Å². The molecule has 0 unspecified atom stereocenters. The summed E-state index contributed by atoms with van der Waals surface area (Å²) in [4.78, 5) is 21.0. The van der Waals surface area contributed by atoms with E-state index in [4.69, 9.17) is 4.98 Å². The maximum Gasteiger partial charge on any atom is 0.228 e. The molecule has 26 heavy (non-hydrogen) atoms. The number of amides is 1. The van der Waals surface area contributed by atoms with Crippen molar-refractivity contribution in [1.29, 1.82) is 0 Å². The van der Waals surface area contributed by atoms with Crippen molar-refractivity contribution in [3.8, 4) is 0 Å². The van der Waals surface area contributed by atoms with Crippen molar-refractivity contribution in [3.05, 3.63) is 66.0 Å². The number of rotatable bonds is 8. The highest BCUT2D eigenvalue weighted by molar-refractivity contribution is 7.98. The van der Waals surface area contributed by atoms with Crippen molar-refractivity contribution in [3.63, 3.8) is 0 Å². The predicted molar refractivity (Wildman–Crippen MR) is 109 cm³/mol. The van der Waals surface area contributed by atoms with Gasteiger partial charge in [-0.25, -0.2) is 4.98 Å². The molecule has 136 valence electrons. The first-order chi connectivity index (χ1) is 12.7. The molecule has 0 aliphatic rings. The highest BCUT2D eigenvalue weighted by Gasteiger charge is 2.24. The van der Waals surface area contributed by atoms with Gasteiger partial charge in [0, 0.05) is 0 Å². The van der Waals surface area contributed by atoms with Gasteiger partial charge in [-0.2, -0.15) is 11.8 Å². The van der Waals surface area contributed by atoms with E-state index in [0.717, 1.165) is 41.0 Å². The van der Waals surface area contributed by atoms with Crippen LogP contribution in [0.2, 0.25) is 0 Å². The Balaban J connectivity index is 1.82. The number of para-hydroxylation sites is 2. The zero-order valence-electron chi connectivity index (χ0n) is 15.2. The monoisotopic (exact) mass is 367 g/mol. The molecule has 2 atom stereocenters. The summed E-state index contributed by atoms with van der Waals surface area (Å²) in [5.41, 5.74) is 2.99. The maximum atomic E-state index is 13.0. The largest absolute Gasteiger partial charge is 0.346 e. The highest BCUT2D eigenvalue weighted by atomic mass is 32.2. The molecule has 1 heterocycles. The third kappa shape index (κ3) is 4.28. The summed E-state index contributed by atoms with van der Waals surface area (Å²) >= 11 is 1.78. The lowest BCUT2D eigenvalue weighted by molar-refractivity contribution is -0.123. The van der Waals surface area contributed by atoms with Gasteiger partial charge in [0.15, 0.2) is 0 Å². The molecular formula is C21H25N3OS. The van der Waals surface area contributed by atoms with Crippen molar-refractivity contribution in [2.24, 2.45) is 0 Å². The molecule has 1 aromatic heterocycles. The molecular weight excluding hydrogens is 342 g/mol. The number of hydrogen-bond acceptors (Lipinski definition) is 3. The molecule has 5 heteroatoms. The fourth-order valence-electron chi connectivity index (χ4n) is 3.18. The van der Waals surface area contributed by atoms with Crippen LogP contribution < -0.4 is 5.32 Å². The van der Waals surface area contributed by atoms with E-state index < -0.39 is 0 Å². The number of nitrogens with one attached hydrogen (secondary N) is 2. The third-order valence-electron chi connectivity index (χ3n) is 4.59. The Bertz CT molecular complexity index is 814. The van der Waals surface area contributed by atoms with Crippen molar-refractivity contribution in [2.75, 3.05) is 12.0 Å². The number of fused-ring (bicyclic) bond motifs is 1. The average molecular weight is 368 g/mol. The minimum absolute atomic E-state index is 0.0604. The maximum absolute atomic E-state index is 13.0. The minimum Gasteiger partial charge on any atom is -0.346 e. The van der Waals surface area contributed by atoms with Crippen molar-refractivity contribution in [2.45, 2.75) is 31.7 Å².